The van der Waals surface area contributed by atoms with Crippen LogP contribution < -0.4 is 0 Å². The molecule has 116 valence electrons. The molecule has 1 saturated carbocycles. The van der Waals surface area contributed by atoms with Crippen LogP contribution in [0.5, 0.6) is 0 Å². The molecule has 8 heteroatoms. The molecule has 20 heavy (non-hydrogen) atoms. The lowest BCUT2D eigenvalue weighted by Gasteiger charge is -2.44. The van der Waals surface area contributed by atoms with Gasteiger partial charge in [-0.3, -0.25) is 0 Å². The molecule has 2 aliphatic heterocycles. The van der Waals surface area contributed by atoms with Gasteiger partial charge < -0.3 is 0 Å². The predicted octanol–water partition coefficient (Wildman–Crippen LogP) is 1.31. The summed E-state index contributed by atoms with van der Waals surface area (Å²) in [6.45, 7) is 2.36. The van der Waals surface area contributed by atoms with Crippen molar-refractivity contribution in [3.8, 4) is 0 Å². The van der Waals surface area contributed by atoms with E-state index in [0.717, 1.165) is 25.7 Å². The first-order chi connectivity index (χ1) is 9.49. The van der Waals surface area contributed by atoms with E-state index in [4.69, 9.17) is 19.6 Å². The molecule has 0 atom stereocenters. The zero-order valence-corrected chi connectivity index (χ0v) is 12.5. The Balaban J connectivity index is 1.58. The molecule has 3 rings (SSSR count). The highest BCUT2D eigenvalue weighted by Crippen LogP contribution is 2.43. The number of hydrogen-bond acceptors (Lipinski definition) is 6. The van der Waals surface area contributed by atoms with Crippen molar-refractivity contribution in [2.75, 3.05) is 18.8 Å². The minimum absolute atomic E-state index is 0.109. The average Bonchev–Trinajstić information content (AvgIpc) is 2.92. The summed E-state index contributed by atoms with van der Waals surface area (Å²) in [5.41, 5.74) is 0. The summed E-state index contributed by atoms with van der Waals surface area (Å²) in [5.74, 6) is -1.61. The average molecular weight is 307 g/mol. The maximum Gasteiger partial charge on any atom is 0.236 e. The molecule has 2 saturated heterocycles. The highest BCUT2D eigenvalue weighted by Gasteiger charge is 2.52. The topological polar surface area (TPSA) is 74.3 Å². The van der Waals surface area contributed by atoms with Crippen molar-refractivity contribution in [2.45, 2.75) is 57.0 Å². The van der Waals surface area contributed by atoms with E-state index < -0.39 is 21.6 Å². The molecule has 7 nitrogen and oxygen atoms in total. The summed E-state index contributed by atoms with van der Waals surface area (Å²) in [5, 5.41) is 0. The highest BCUT2D eigenvalue weighted by atomic mass is 32.2. The van der Waals surface area contributed by atoms with E-state index in [1.807, 2.05) is 0 Å². The van der Waals surface area contributed by atoms with Crippen LogP contribution in [0.25, 0.3) is 0 Å². The first-order valence-electron chi connectivity index (χ1n) is 7.21. The van der Waals surface area contributed by atoms with Crippen LogP contribution in [0.4, 0.5) is 0 Å². The van der Waals surface area contributed by atoms with Crippen LogP contribution in [0.2, 0.25) is 0 Å². The fourth-order valence-electron chi connectivity index (χ4n) is 2.87. The molecule has 3 fully saturated rings. The van der Waals surface area contributed by atoms with Crippen LogP contribution in [0.1, 0.15) is 45.4 Å². The first kappa shape index (κ1) is 14.7. The Morgan fingerprint density at radius 1 is 0.900 bits per heavy atom. The van der Waals surface area contributed by atoms with Gasteiger partial charge in [0.15, 0.2) is 0 Å². The van der Waals surface area contributed by atoms with Gasteiger partial charge >= 0.3 is 0 Å². The molecule has 0 aromatic heterocycles. The summed E-state index contributed by atoms with van der Waals surface area (Å²) in [4.78, 5) is 21.8. The van der Waals surface area contributed by atoms with E-state index >= 15 is 0 Å². The van der Waals surface area contributed by atoms with Gasteiger partial charge in [0.2, 0.25) is 21.6 Å². The van der Waals surface area contributed by atoms with Crippen molar-refractivity contribution < 1.29 is 28.0 Å². The second-order valence-electron chi connectivity index (χ2n) is 5.66. The third-order valence-electron chi connectivity index (χ3n) is 4.30. The minimum Gasteiger partial charge on any atom is -0.212 e. The maximum absolute atomic E-state index is 11.8. The van der Waals surface area contributed by atoms with E-state index in [0.29, 0.717) is 25.9 Å². The molecule has 0 radical (unpaired) electrons. The second-order valence-corrected chi connectivity index (χ2v) is 7.92. The molecule has 0 amide bonds. The van der Waals surface area contributed by atoms with Crippen LogP contribution in [0.3, 0.4) is 0 Å². The predicted molar refractivity (Wildman–Crippen MR) is 68.5 cm³/mol. The summed E-state index contributed by atoms with van der Waals surface area (Å²) in [6, 6.07) is 0. The molecule has 3 aliphatic rings. The van der Waals surface area contributed by atoms with Gasteiger partial charge in [-0.15, -0.1) is 0 Å². The van der Waals surface area contributed by atoms with Gasteiger partial charge in [-0.25, -0.2) is 12.7 Å². The van der Waals surface area contributed by atoms with Gasteiger partial charge in [-0.2, -0.15) is 19.6 Å². The first-order valence-corrected chi connectivity index (χ1v) is 8.82. The molecule has 2 spiro atoms. The van der Waals surface area contributed by atoms with Crippen LogP contribution >= 0.6 is 0 Å². The van der Waals surface area contributed by atoms with Gasteiger partial charge in [0, 0.05) is 38.8 Å². The standard InChI is InChI=1S/C12H21NO6S/c1-2-20(14,15)13-9-7-12(8-10-13)18-16-11(17-19-12)5-3-4-6-11/h2-10H2,1H3. The Hall–Kier alpha value is -0.250. The SMILES string of the molecule is CCS(=O)(=O)N1CCC2(CC1)OOC1(CCCC1)OO2. The number of nitrogens with zero attached hydrogens (tertiary/aromatic N) is 1. The van der Waals surface area contributed by atoms with Crippen molar-refractivity contribution in [1.29, 1.82) is 0 Å². The Labute approximate surface area is 119 Å². The largest absolute Gasteiger partial charge is 0.236 e. The Bertz CT molecular complexity index is 439. The zero-order chi connectivity index (χ0) is 14.3. The van der Waals surface area contributed by atoms with Crippen molar-refractivity contribution in [3.63, 3.8) is 0 Å². The number of rotatable bonds is 2. The second kappa shape index (κ2) is 5.19. The third kappa shape index (κ3) is 2.60. The Morgan fingerprint density at radius 3 is 1.80 bits per heavy atom. The fourth-order valence-corrected chi connectivity index (χ4v) is 3.97. The third-order valence-corrected chi connectivity index (χ3v) is 6.18. The van der Waals surface area contributed by atoms with Crippen molar-refractivity contribution >= 4 is 10.0 Å². The van der Waals surface area contributed by atoms with Crippen LogP contribution in [0.15, 0.2) is 0 Å². The van der Waals surface area contributed by atoms with Crippen molar-refractivity contribution in [1.82, 2.24) is 4.31 Å². The van der Waals surface area contributed by atoms with Crippen molar-refractivity contribution in [2.24, 2.45) is 0 Å². The Kier molecular flexibility index (Phi) is 3.81. The normalized spacial score (nSPS) is 30.1. The Morgan fingerprint density at radius 2 is 1.35 bits per heavy atom. The molecule has 2 heterocycles. The van der Waals surface area contributed by atoms with E-state index in [-0.39, 0.29) is 5.75 Å². The van der Waals surface area contributed by atoms with E-state index in [1.54, 1.807) is 6.92 Å². The molecule has 1 aliphatic carbocycles. The van der Waals surface area contributed by atoms with Gasteiger partial charge in [0.1, 0.15) is 0 Å². The molecule has 0 unspecified atom stereocenters. The van der Waals surface area contributed by atoms with E-state index in [2.05, 4.69) is 0 Å². The lowest BCUT2D eigenvalue weighted by atomic mass is 10.1. The molecule has 0 N–H and O–H groups in total. The smallest absolute Gasteiger partial charge is 0.212 e. The summed E-state index contributed by atoms with van der Waals surface area (Å²) in [6.07, 6.45) is 4.40. The van der Waals surface area contributed by atoms with Crippen molar-refractivity contribution in [3.05, 3.63) is 0 Å². The van der Waals surface area contributed by atoms with Crippen LogP contribution in [-0.2, 0) is 29.6 Å². The monoisotopic (exact) mass is 307 g/mol. The molecule has 0 aromatic rings. The van der Waals surface area contributed by atoms with E-state index in [1.165, 1.54) is 4.31 Å². The van der Waals surface area contributed by atoms with Gasteiger partial charge in [0.05, 0.1) is 5.75 Å². The number of hydrogen-bond donors (Lipinski definition) is 0. The lowest BCUT2D eigenvalue weighted by molar-refractivity contribution is -0.658. The molecule has 0 bridgehead atoms. The molecule has 0 aromatic carbocycles. The minimum atomic E-state index is -3.16. The number of piperidine rings is 1. The quantitative estimate of drug-likeness (QED) is 0.716. The van der Waals surface area contributed by atoms with Gasteiger partial charge in [-0.05, 0) is 19.8 Å². The summed E-state index contributed by atoms with van der Waals surface area (Å²) >= 11 is 0. The summed E-state index contributed by atoms with van der Waals surface area (Å²) < 4.78 is 25.1. The highest BCUT2D eigenvalue weighted by molar-refractivity contribution is 7.89. The van der Waals surface area contributed by atoms with Crippen LogP contribution in [-0.4, -0.2) is 43.1 Å². The van der Waals surface area contributed by atoms with E-state index in [9.17, 15) is 8.42 Å². The number of sulfonamides is 1. The lowest BCUT2D eigenvalue weighted by Crippen LogP contribution is -2.55. The van der Waals surface area contributed by atoms with Crippen LogP contribution in [0, 0.1) is 0 Å². The zero-order valence-electron chi connectivity index (χ0n) is 11.7. The summed E-state index contributed by atoms with van der Waals surface area (Å²) in [7, 11) is -3.16. The fraction of sp³-hybridized carbons (Fsp3) is 1.00. The molecular weight excluding hydrogens is 286 g/mol. The maximum atomic E-state index is 11.8. The molecular formula is C12H21NO6S. The van der Waals surface area contributed by atoms with Gasteiger partial charge in [0.25, 0.3) is 0 Å². The van der Waals surface area contributed by atoms with Gasteiger partial charge in [-0.1, -0.05) is 0 Å².